The Bertz CT molecular complexity index is 732. The molecule has 2 rings (SSSR count). The van der Waals surface area contributed by atoms with Gasteiger partial charge in [0.05, 0.1) is 13.1 Å². The Balaban J connectivity index is 1.91. The van der Waals surface area contributed by atoms with Crippen molar-refractivity contribution >= 4 is 17.5 Å². The summed E-state index contributed by atoms with van der Waals surface area (Å²) in [4.78, 5) is 27.4. The summed E-state index contributed by atoms with van der Waals surface area (Å²) < 4.78 is 0. The molecule has 0 radical (unpaired) electrons. The normalized spacial score (nSPS) is 16.9. The zero-order chi connectivity index (χ0) is 20.0. The van der Waals surface area contributed by atoms with Crippen molar-refractivity contribution < 1.29 is 14.5 Å². The highest BCUT2D eigenvalue weighted by atomic mass is 16.2. The molecular formula is C21H31N4O2+. The summed E-state index contributed by atoms with van der Waals surface area (Å²) in [6, 6.07) is 8.18. The van der Waals surface area contributed by atoms with Gasteiger partial charge in [-0.05, 0) is 43.9 Å². The Morgan fingerprint density at radius 3 is 2.52 bits per heavy atom. The van der Waals surface area contributed by atoms with Crippen LogP contribution in [-0.4, -0.2) is 49.4 Å². The number of rotatable bonds is 6. The second kappa shape index (κ2) is 9.01. The molecule has 2 amide bonds. The predicted molar refractivity (Wildman–Crippen MR) is 105 cm³/mol. The molecule has 1 fully saturated rings. The maximum atomic E-state index is 12.7. The molecule has 6 heteroatoms. The molecule has 1 aromatic rings. The molecule has 0 spiro atoms. The number of anilines is 1. The Morgan fingerprint density at radius 1 is 1.22 bits per heavy atom. The van der Waals surface area contributed by atoms with E-state index in [4.69, 9.17) is 0 Å². The van der Waals surface area contributed by atoms with Gasteiger partial charge in [-0.15, -0.1) is 0 Å². The van der Waals surface area contributed by atoms with E-state index in [1.54, 1.807) is 11.9 Å². The Morgan fingerprint density at radius 2 is 1.89 bits per heavy atom. The third-order valence-electron chi connectivity index (χ3n) is 5.70. The minimum Gasteiger partial charge on any atom is -0.322 e. The Hall–Kier alpha value is -2.39. The Labute approximate surface area is 162 Å². The van der Waals surface area contributed by atoms with Crippen LogP contribution in [0.25, 0.3) is 0 Å². The lowest BCUT2D eigenvalue weighted by atomic mass is 9.81. The van der Waals surface area contributed by atoms with Crippen molar-refractivity contribution in [3.05, 3.63) is 29.3 Å². The van der Waals surface area contributed by atoms with Gasteiger partial charge in [-0.25, -0.2) is 0 Å². The first kappa shape index (κ1) is 20.9. The van der Waals surface area contributed by atoms with E-state index in [1.807, 2.05) is 39.1 Å². The van der Waals surface area contributed by atoms with Crippen molar-refractivity contribution in [3.63, 3.8) is 0 Å². The third kappa shape index (κ3) is 5.08. The molecular weight excluding hydrogens is 340 g/mol. The van der Waals surface area contributed by atoms with Crippen molar-refractivity contribution in [1.82, 2.24) is 4.90 Å². The SMILES string of the molecule is Cc1cccc(NC(=O)C[NH+](C)CC(=O)N(C)C2(C#N)CCCCC2)c1C. The molecule has 0 aromatic heterocycles. The van der Waals surface area contributed by atoms with Crippen LogP contribution >= 0.6 is 0 Å². The maximum absolute atomic E-state index is 12.7. The quantitative estimate of drug-likeness (QED) is 0.794. The number of nitrogens with one attached hydrogen (secondary N) is 2. The van der Waals surface area contributed by atoms with Gasteiger partial charge in [0.1, 0.15) is 5.54 Å². The fourth-order valence-corrected chi connectivity index (χ4v) is 3.69. The standard InChI is InChI=1S/C21H30N4O2/c1-16-9-8-10-18(17(16)2)23-19(26)13-24(3)14-20(27)25(4)21(15-22)11-6-5-7-12-21/h8-10H,5-7,11-14H2,1-4H3,(H,23,26)/p+1. The van der Waals surface area contributed by atoms with E-state index in [0.29, 0.717) is 0 Å². The van der Waals surface area contributed by atoms with E-state index in [-0.39, 0.29) is 24.9 Å². The number of carbonyl (C=O) groups is 2. The molecule has 27 heavy (non-hydrogen) atoms. The summed E-state index contributed by atoms with van der Waals surface area (Å²) in [5, 5.41) is 12.6. The minimum absolute atomic E-state index is 0.0875. The maximum Gasteiger partial charge on any atom is 0.279 e. The van der Waals surface area contributed by atoms with E-state index < -0.39 is 5.54 Å². The molecule has 1 atom stereocenters. The smallest absolute Gasteiger partial charge is 0.279 e. The number of amides is 2. The van der Waals surface area contributed by atoms with E-state index in [2.05, 4.69) is 11.4 Å². The van der Waals surface area contributed by atoms with Crippen LogP contribution in [0.2, 0.25) is 0 Å². The lowest BCUT2D eigenvalue weighted by molar-refractivity contribution is -0.862. The van der Waals surface area contributed by atoms with Crippen molar-refractivity contribution in [2.45, 2.75) is 51.5 Å². The highest BCUT2D eigenvalue weighted by Gasteiger charge is 2.39. The number of nitrogens with zero attached hydrogens (tertiary/aromatic N) is 2. The van der Waals surface area contributed by atoms with E-state index in [0.717, 1.165) is 53.8 Å². The summed E-state index contributed by atoms with van der Waals surface area (Å²) in [6.45, 7) is 4.38. The largest absolute Gasteiger partial charge is 0.322 e. The van der Waals surface area contributed by atoms with Crippen LogP contribution in [0.3, 0.4) is 0 Å². The van der Waals surface area contributed by atoms with Gasteiger partial charge in [-0.3, -0.25) is 9.59 Å². The molecule has 2 N–H and O–H groups in total. The van der Waals surface area contributed by atoms with Gasteiger partial charge in [0, 0.05) is 12.7 Å². The molecule has 6 nitrogen and oxygen atoms in total. The van der Waals surface area contributed by atoms with Gasteiger partial charge in [-0.1, -0.05) is 31.4 Å². The number of quaternary nitrogens is 1. The van der Waals surface area contributed by atoms with E-state index in [1.165, 1.54) is 0 Å². The van der Waals surface area contributed by atoms with Crippen LogP contribution in [0, 0.1) is 25.2 Å². The van der Waals surface area contributed by atoms with Crippen LogP contribution in [0.15, 0.2) is 18.2 Å². The summed E-state index contributed by atoms with van der Waals surface area (Å²) >= 11 is 0. The molecule has 146 valence electrons. The number of hydrogen-bond acceptors (Lipinski definition) is 3. The highest BCUT2D eigenvalue weighted by molar-refractivity contribution is 5.92. The predicted octanol–water partition coefficient (Wildman–Crippen LogP) is 1.44. The fourth-order valence-electron chi connectivity index (χ4n) is 3.69. The molecule has 1 saturated carbocycles. The van der Waals surface area contributed by atoms with Gasteiger partial charge in [0.25, 0.3) is 11.8 Å². The van der Waals surface area contributed by atoms with Gasteiger partial charge < -0.3 is 15.1 Å². The molecule has 0 aliphatic heterocycles. The number of hydrogen-bond donors (Lipinski definition) is 2. The van der Waals surface area contributed by atoms with Crippen LogP contribution in [0.5, 0.6) is 0 Å². The lowest BCUT2D eigenvalue weighted by Gasteiger charge is -2.39. The third-order valence-corrected chi connectivity index (χ3v) is 5.70. The van der Waals surface area contributed by atoms with E-state index in [9.17, 15) is 14.9 Å². The average Bonchev–Trinajstić information content (AvgIpc) is 2.65. The second-order valence-corrected chi connectivity index (χ2v) is 7.76. The molecule has 0 saturated heterocycles. The van der Waals surface area contributed by atoms with Crippen molar-refractivity contribution in [1.29, 1.82) is 5.26 Å². The van der Waals surface area contributed by atoms with Crippen molar-refractivity contribution in [2.75, 3.05) is 32.5 Å². The fraction of sp³-hybridized carbons (Fsp3) is 0.571. The van der Waals surface area contributed by atoms with Gasteiger partial charge >= 0.3 is 0 Å². The number of benzene rings is 1. The monoisotopic (exact) mass is 371 g/mol. The topological polar surface area (TPSA) is 77.6 Å². The number of carbonyl (C=O) groups excluding carboxylic acids is 2. The van der Waals surface area contributed by atoms with Crippen molar-refractivity contribution in [2.24, 2.45) is 0 Å². The lowest BCUT2D eigenvalue weighted by Crippen LogP contribution is -3.11. The van der Waals surface area contributed by atoms with Gasteiger partial charge in [0.15, 0.2) is 13.1 Å². The highest BCUT2D eigenvalue weighted by Crippen LogP contribution is 2.32. The van der Waals surface area contributed by atoms with Gasteiger partial charge in [0.2, 0.25) is 0 Å². The van der Waals surface area contributed by atoms with Crippen LogP contribution in [0.4, 0.5) is 5.69 Å². The van der Waals surface area contributed by atoms with E-state index >= 15 is 0 Å². The van der Waals surface area contributed by atoms with Crippen molar-refractivity contribution in [3.8, 4) is 6.07 Å². The summed E-state index contributed by atoms with van der Waals surface area (Å²) in [5.41, 5.74) is 2.30. The first-order valence-corrected chi connectivity index (χ1v) is 9.64. The molecule has 1 aliphatic carbocycles. The minimum atomic E-state index is -0.684. The zero-order valence-electron chi connectivity index (χ0n) is 16.9. The molecule has 1 aliphatic rings. The number of likely N-dealkylation sites (N-methyl/N-ethyl adjacent to an activating group) is 2. The number of nitriles is 1. The summed E-state index contributed by atoms with van der Waals surface area (Å²) in [6.07, 6.45) is 4.54. The van der Waals surface area contributed by atoms with Gasteiger partial charge in [-0.2, -0.15) is 5.26 Å². The van der Waals surface area contributed by atoms with Crippen LogP contribution < -0.4 is 10.2 Å². The second-order valence-electron chi connectivity index (χ2n) is 7.76. The van der Waals surface area contributed by atoms with Crippen LogP contribution in [-0.2, 0) is 9.59 Å². The first-order valence-electron chi connectivity index (χ1n) is 9.64. The average molecular weight is 372 g/mol. The molecule has 0 heterocycles. The number of aryl methyl sites for hydroxylation is 1. The summed E-state index contributed by atoms with van der Waals surface area (Å²) in [5.74, 6) is -0.209. The first-order chi connectivity index (χ1) is 12.8. The molecule has 1 unspecified atom stereocenters. The molecule has 1 aromatic carbocycles. The van der Waals surface area contributed by atoms with Crippen LogP contribution in [0.1, 0.15) is 43.2 Å². The molecule has 0 bridgehead atoms. The Kier molecular flexibility index (Phi) is 6.98. The zero-order valence-corrected chi connectivity index (χ0v) is 16.9. The summed E-state index contributed by atoms with van der Waals surface area (Å²) in [7, 11) is 3.55.